The van der Waals surface area contributed by atoms with Crippen molar-refractivity contribution in [3.05, 3.63) is 41.1 Å². The highest BCUT2D eigenvalue weighted by Crippen LogP contribution is 2.32. The molecule has 1 unspecified atom stereocenters. The SMILES string of the molecule is CCCCCCCCCC(=O)Nc1ccc(C2NC(=S)N(CC)C(C)=C2C(=O)OCCOC)cc1. The minimum absolute atomic E-state index is 0.0278. The third-order valence-corrected chi connectivity index (χ3v) is 6.53. The number of methoxy groups -OCH3 is 1. The van der Waals surface area contributed by atoms with E-state index in [1.54, 1.807) is 7.11 Å². The minimum atomic E-state index is -0.433. The zero-order valence-electron chi connectivity index (χ0n) is 21.7. The fourth-order valence-electron chi connectivity index (χ4n) is 4.20. The summed E-state index contributed by atoms with van der Waals surface area (Å²) < 4.78 is 10.4. The van der Waals surface area contributed by atoms with Gasteiger partial charge in [0.15, 0.2) is 5.11 Å². The molecule has 0 aliphatic carbocycles. The van der Waals surface area contributed by atoms with Crippen LogP contribution in [-0.2, 0) is 19.1 Å². The number of benzene rings is 1. The van der Waals surface area contributed by atoms with Crippen LogP contribution in [0.15, 0.2) is 35.5 Å². The van der Waals surface area contributed by atoms with E-state index in [4.69, 9.17) is 21.7 Å². The van der Waals surface area contributed by atoms with Crippen molar-refractivity contribution in [2.24, 2.45) is 0 Å². The number of nitrogens with zero attached hydrogens (tertiary/aromatic N) is 1. The second kappa shape index (κ2) is 15.5. The molecule has 1 amide bonds. The Morgan fingerprint density at radius 1 is 1.03 bits per heavy atom. The van der Waals surface area contributed by atoms with Crippen LogP contribution in [0.5, 0.6) is 0 Å². The summed E-state index contributed by atoms with van der Waals surface area (Å²) in [6, 6.07) is 7.09. The van der Waals surface area contributed by atoms with Crippen LogP contribution in [0.25, 0.3) is 0 Å². The van der Waals surface area contributed by atoms with Gasteiger partial charge in [0.25, 0.3) is 0 Å². The summed E-state index contributed by atoms with van der Waals surface area (Å²) in [5.41, 5.74) is 2.90. The summed E-state index contributed by atoms with van der Waals surface area (Å²) in [6.45, 7) is 7.23. The minimum Gasteiger partial charge on any atom is -0.460 e. The molecule has 8 heteroatoms. The molecule has 1 aliphatic rings. The van der Waals surface area contributed by atoms with Gasteiger partial charge in [-0.2, -0.15) is 0 Å². The van der Waals surface area contributed by atoms with Crippen LogP contribution in [-0.4, -0.2) is 48.8 Å². The third-order valence-electron chi connectivity index (χ3n) is 6.19. The van der Waals surface area contributed by atoms with E-state index >= 15 is 0 Å². The second-order valence-electron chi connectivity index (χ2n) is 8.80. The largest absolute Gasteiger partial charge is 0.460 e. The van der Waals surface area contributed by atoms with Gasteiger partial charge in [-0.3, -0.25) is 4.79 Å². The molecule has 2 N–H and O–H groups in total. The van der Waals surface area contributed by atoms with Crippen LogP contribution in [0.3, 0.4) is 0 Å². The lowest BCUT2D eigenvalue weighted by atomic mass is 9.95. The van der Waals surface area contributed by atoms with Gasteiger partial charge in [0.1, 0.15) is 6.61 Å². The maximum atomic E-state index is 12.9. The molecule has 35 heavy (non-hydrogen) atoms. The first-order chi connectivity index (χ1) is 16.9. The lowest BCUT2D eigenvalue weighted by molar-refractivity contribution is -0.140. The van der Waals surface area contributed by atoms with Crippen molar-refractivity contribution >= 4 is 34.9 Å². The summed E-state index contributed by atoms with van der Waals surface area (Å²) >= 11 is 5.54. The number of thiocarbonyl (C=S) groups is 1. The summed E-state index contributed by atoms with van der Waals surface area (Å²) in [5.74, 6) is -0.370. The van der Waals surface area contributed by atoms with Gasteiger partial charge in [0, 0.05) is 31.5 Å². The summed E-state index contributed by atoms with van der Waals surface area (Å²) in [7, 11) is 1.57. The quantitative estimate of drug-likeness (QED) is 0.186. The smallest absolute Gasteiger partial charge is 0.338 e. The number of carbonyl (C=O) groups excluding carboxylic acids is 2. The molecule has 1 atom stereocenters. The van der Waals surface area contributed by atoms with Crippen LogP contribution in [0.4, 0.5) is 5.69 Å². The number of rotatable bonds is 15. The molecule has 1 heterocycles. The highest BCUT2D eigenvalue weighted by atomic mass is 32.1. The first-order valence-corrected chi connectivity index (χ1v) is 13.2. The number of unbranched alkanes of at least 4 members (excludes halogenated alkanes) is 6. The van der Waals surface area contributed by atoms with Gasteiger partial charge in [0.2, 0.25) is 5.91 Å². The molecule has 1 aliphatic heterocycles. The number of esters is 1. The molecule has 7 nitrogen and oxygen atoms in total. The second-order valence-corrected chi connectivity index (χ2v) is 9.18. The first-order valence-electron chi connectivity index (χ1n) is 12.8. The Morgan fingerprint density at radius 2 is 1.69 bits per heavy atom. The van der Waals surface area contributed by atoms with Crippen molar-refractivity contribution in [3.63, 3.8) is 0 Å². The van der Waals surface area contributed by atoms with Crippen molar-refractivity contribution in [3.8, 4) is 0 Å². The van der Waals surface area contributed by atoms with Gasteiger partial charge >= 0.3 is 5.97 Å². The third kappa shape index (κ3) is 8.93. The number of nitrogens with one attached hydrogen (secondary N) is 2. The average Bonchev–Trinajstić information content (AvgIpc) is 2.84. The summed E-state index contributed by atoms with van der Waals surface area (Å²) in [5, 5.41) is 6.82. The zero-order chi connectivity index (χ0) is 25.6. The van der Waals surface area contributed by atoms with Gasteiger partial charge in [-0.1, -0.05) is 57.6 Å². The van der Waals surface area contributed by atoms with E-state index in [9.17, 15) is 9.59 Å². The molecular weight excluding hydrogens is 462 g/mol. The van der Waals surface area contributed by atoms with Crippen LogP contribution in [0, 0.1) is 0 Å². The van der Waals surface area contributed by atoms with Gasteiger partial charge in [-0.05, 0) is 50.2 Å². The molecule has 1 aromatic carbocycles. The molecule has 194 valence electrons. The number of ether oxygens (including phenoxy) is 2. The predicted octanol–water partition coefficient (Wildman–Crippen LogP) is 5.48. The molecule has 1 aromatic rings. The van der Waals surface area contributed by atoms with E-state index in [1.807, 2.05) is 43.0 Å². The zero-order valence-corrected chi connectivity index (χ0v) is 22.5. The molecule has 0 saturated heterocycles. The van der Waals surface area contributed by atoms with Crippen LogP contribution < -0.4 is 10.6 Å². The lowest BCUT2D eigenvalue weighted by Crippen LogP contribution is -2.47. The highest BCUT2D eigenvalue weighted by molar-refractivity contribution is 7.80. The molecule has 0 saturated carbocycles. The lowest BCUT2D eigenvalue weighted by Gasteiger charge is -2.37. The maximum Gasteiger partial charge on any atom is 0.338 e. The van der Waals surface area contributed by atoms with Gasteiger partial charge in [-0.25, -0.2) is 4.79 Å². The number of allylic oxidation sites excluding steroid dienone is 1. The van der Waals surface area contributed by atoms with Gasteiger partial charge in [-0.15, -0.1) is 0 Å². The number of hydrogen-bond donors (Lipinski definition) is 2. The molecular formula is C27H41N3O4S. The average molecular weight is 504 g/mol. The maximum absolute atomic E-state index is 12.9. The Labute approximate surface area is 215 Å². The molecule has 2 rings (SSSR count). The van der Waals surface area contributed by atoms with E-state index < -0.39 is 12.0 Å². The Kier molecular flexibility index (Phi) is 12.8. The van der Waals surface area contributed by atoms with Crippen molar-refractivity contribution in [1.82, 2.24) is 10.2 Å². The van der Waals surface area contributed by atoms with Crippen molar-refractivity contribution < 1.29 is 19.1 Å². The first kappa shape index (κ1) is 28.8. The number of carbonyl (C=O) groups is 2. The fourth-order valence-corrected chi connectivity index (χ4v) is 4.58. The molecule has 0 bridgehead atoms. The number of hydrogen-bond acceptors (Lipinski definition) is 5. The van der Waals surface area contributed by atoms with Crippen LogP contribution in [0.1, 0.15) is 83.7 Å². The van der Waals surface area contributed by atoms with Crippen LogP contribution >= 0.6 is 12.2 Å². The number of amides is 1. The van der Waals surface area contributed by atoms with E-state index in [2.05, 4.69) is 17.6 Å². The summed E-state index contributed by atoms with van der Waals surface area (Å²) in [6.07, 6.45) is 8.80. The Balaban J connectivity index is 2.01. The number of anilines is 1. The molecule has 0 aromatic heterocycles. The topological polar surface area (TPSA) is 79.9 Å². The Bertz CT molecular complexity index is 870. The molecule has 0 spiro atoms. The van der Waals surface area contributed by atoms with E-state index in [-0.39, 0.29) is 12.5 Å². The molecule has 0 fully saturated rings. The van der Waals surface area contributed by atoms with Crippen molar-refractivity contribution in [1.29, 1.82) is 0 Å². The monoisotopic (exact) mass is 503 g/mol. The van der Waals surface area contributed by atoms with Crippen molar-refractivity contribution in [2.45, 2.75) is 78.2 Å². The Morgan fingerprint density at radius 3 is 2.31 bits per heavy atom. The molecule has 0 radical (unpaired) electrons. The Hall–Kier alpha value is -2.45. The van der Waals surface area contributed by atoms with E-state index in [1.165, 1.54) is 32.1 Å². The highest BCUT2D eigenvalue weighted by Gasteiger charge is 2.34. The van der Waals surface area contributed by atoms with Crippen molar-refractivity contribution in [2.75, 3.05) is 32.2 Å². The van der Waals surface area contributed by atoms with Crippen LogP contribution in [0.2, 0.25) is 0 Å². The fraction of sp³-hybridized carbons (Fsp3) is 0.593. The standard InChI is InChI=1S/C27H41N3O4S/c1-5-7-8-9-10-11-12-13-23(31)28-22-16-14-21(15-17-22)25-24(26(32)34-19-18-33-4)20(3)30(6-2)27(35)29-25/h14-17,25H,5-13,18-19H2,1-4H3,(H,28,31)(H,29,35). The predicted molar refractivity (Wildman–Crippen MR) is 144 cm³/mol. The normalized spacial score (nSPS) is 15.7. The van der Waals surface area contributed by atoms with Gasteiger partial charge in [0.05, 0.1) is 18.2 Å². The van der Waals surface area contributed by atoms with E-state index in [0.717, 1.165) is 29.8 Å². The summed E-state index contributed by atoms with van der Waals surface area (Å²) in [4.78, 5) is 27.2. The van der Waals surface area contributed by atoms with Gasteiger partial charge < -0.3 is 25.0 Å². The van der Waals surface area contributed by atoms with E-state index in [0.29, 0.717) is 30.3 Å².